The van der Waals surface area contributed by atoms with E-state index in [-0.39, 0.29) is 25.3 Å². The van der Waals surface area contributed by atoms with Crippen molar-refractivity contribution in [1.29, 1.82) is 0 Å². The van der Waals surface area contributed by atoms with Crippen LogP contribution in [-0.4, -0.2) is 62.2 Å². The predicted molar refractivity (Wildman–Crippen MR) is 109 cm³/mol. The lowest BCUT2D eigenvalue weighted by Gasteiger charge is -2.16. The smallest absolute Gasteiger partial charge is 0.353 e. The van der Waals surface area contributed by atoms with E-state index in [1.54, 1.807) is 13.8 Å². The maximum atomic E-state index is 12.2. The molecule has 0 fully saturated rings. The third kappa shape index (κ3) is 4.69. The van der Waals surface area contributed by atoms with Crippen LogP contribution in [0, 0.1) is 0 Å². The average molecular weight is 345 g/mol. The van der Waals surface area contributed by atoms with Crippen molar-refractivity contribution in [2.75, 3.05) is 13.2 Å². The molecule has 0 aliphatic carbocycles. The lowest BCUT2D eigenvalue weighted by atomic mass is 9.68. The first-order valence-electron chi connectivity index (χ1n) is 7.90. The molecule has 24 heavy (non-hydrogen) atoms. The number of halogens is 1. The number of hydrogen-bond acceptors (Lipinski definition) is 5. The summed E-state index contributed by atoms with van der Waals surface area (Å²) >= 11 is 6.36. The predicted octanol–water partition coefficient (Wildman–Crippen LogP) is -4.04. The van der Waals surface area contributed by atoms with Crippen LogP contribution in [0.3, 0.4) is 0 Å². The molecular weight excluding hydrogens is 325 g/mol. The summed E-state index contributed by atoms with van der Waals surface area (Å²) in [6, 6.07) is 0. The molecule has 0 amide bonds. The fraction of sp³-hybridized carbons (Fsp3) is 0.357. The summed E-state index contributed by atoms with van der Waals surface area (Å²) in [5.41, 5.74) is 4.27. The van der Waals surface area contributed by atoms with E-state index in [4.69, 9.17) is 21.1 Å². The Balaban J connectivity index is 3.42. The summed E-state index contributed by atoms with van der Waals surface area (Å²) in [5.74, 6) is -1.15. The minimum atomic E-state index is -0.626. The highest BCUT2D eigenvalue weighted by Gasteiger charge is 2.20. The number of nitrogens with zero attached hydrogens (tertiary/aromatic N) is 1. The highest BCUT2D eigenvalue weighted by molar-refractivity contribution is 6.66. The topological polar surface area (TPSA) is 65.0 Å². The van der Waals surface area contributed by atoms with E-state index in [1.807, 2.05) is 31.4 Å². The van der Waals surface area contributed by atoms with E-state index in [0.717, 1.165) is 21.9 Å². The van der Waals surface area contributed by atoms with Gasteiger partial charge >= 0.3 is 11.9 Å². The van der Waals surface area contributed by atoms with E-state index in [9.17, 15) is 9.59 Å². The summed E-state index contributed by atoms with van der Waals surface area (Å²) in [6.07, 6.45) is -0.240. The maximum absolute atomic E-state index is 12.2. The molecule has 0 atom stereocenters. The van der Waals surface area contributed by atoms with Gasteiger partial charge in [-0.25, -0.2) is 9.79 Å². The quantitative estimate of drug-likeness (QED) is 0.299. The van der Waals surface area contributed by atoms with Gasteiger partial charge in [0.25, 0.3) is 0 Å². The van der Waals surface area contributed by atoms with Crippen LogP contribution in [0.4, 0.5) is 5.69 Å². The van der Waals surface area contributed by atoms with E-state index in [1.165, 1.54) is 0 Å². The van der Waals surface area contributed by atoms with Gasteiger partial charge in [0, 0.05) is 5.02 Å². The van der Waals surface area contributed by atoms with Crippen molar-refractivity contribution in [2.24, 2.45) is 4.99 Å². The molecule has 0 bridgehead atoms. The molecule has 0 N–H and O–H groups in total. The molecule has 0 aromatic heterocycles. The van der Waals surface area contributed by atoms with Gasteiger partial charge in [-0.15, -0.1) is 0 Å². The third-order valence-electron chi connectivity index (χ3n) is 3.87. The molecule has 1 aromatic rings. The van der Waals surface area contributed by atoms with Crippen LogP contribution < -0.4 is 21.9 Å². The summed E-state index contributed by atoms with van der Waals surface area (Å²) in [4.78, 5) is 28.3. The second-order valence-electron chi connectivity index (χ2n) is 5.42. The van der Waals surface area contributed by atoms with Crippen molar-refractivity contribution in [3.63, 3.8) is 0 Å². The Hall–Kier alpha value is -1.62. The zero-order valence-corrected chi connectivity index (χ0v) is 15.8. The van der Waals surface area contributed by atoms with Gasteiger partial charge in [0.15, 0.2) is 0 Å². The van der Waals surface area contributed by atoms with Gasteiger partial charge < -0.3 is 9.47 Å². The number of rotatable bonds is 6. The van der Waals surface area contributed by atoms with Crippen molar-refractivity contribution in [1.82, 2.24) is 0 Å². The molecule has 0 heterocycles. The molecule has 0 saturated carbocycles. The highest BCUT2D eigenvalue weighted by atomic mass is 35.5. The van der Waals surface area contributed by atoms with E-state index < -0.39 is 11.9 Å². The molecule has 0 aliphatic rings. The zero-order valence-electron chi connectivity index (χ0n) is 15.1. The Morgan fingerprint density at radius 2 is 1.54 bits per heavy atom. The Morgan fingerprint density at radius 3 is 2.08 bits per heavy atom. The number of esters is 2. The first-order valence-corrected chi connectivity index (χ1v) is 8.28. The van der Waals surface area contributed by atoms with Gasteiger partial charge in [-0.05, 0) is 19.3 Å². The number of benzene rings is 1. The largest absolute Gasteiger partial charge is 0.466 e. The zero-order chi connectivity index (χ0) is 18.4. The van der Waals surface area contributed by atoms with Crippen molar-refractivity contribution < 1.29 is 19.1 Å². The van der Waals surface area contributed by atoms with Crippen molar-refractivity contribution >= 4 is 88.2 Å². The Kier molecular flexibility index (Phi) is 7.67. The highest BCUT2D eigenvalue weighted by Crippen LogP contribution is 2.11. The monoisotopic (exact) mass is 345 g/mol. The molecule has 124 valence electrons. The van der Waals surface area contributed by atoms with Crippen LogP contribution in [0.2, 0.25) is 5.02 Å². The minimum absolute atomic E-state index is 0.0146. The molecule has 10 heteroatoms. The molecule has 5 nitrogen and oxygen atoms in total. The number of ether oxygens (including phenoxy) is 2. The molecular formula is C14H20B4ClNO4. The summed E-state index contributed by atoms with van der Waals surface area (Å²) in [6.45, 7) is 3.84. The molecule has 0 spiro atoms. The molecule has 0 aliphatic heterocycles. The van der Waals surface area contributed by atoms with Gasteiger partial charge in [-0.1, -0.05) is 28.0 Å². The second-order valence-corrected chi connectivity index (χ2v) is 5.80. The number of hydrogen-bond donors (Lipinski definition) is 0. The number of carbonyl (C=O) groups excluding carboxylic acids is 2. The fourth-order valence-corrected chi connectivity index (χ4v) is 2.54. The van der Waals surface area contributed by atoms with E-state index >= 15 is 0 Å². The maximum Gasteiger partial charge on any atom is 0.353 e. The van der Waals surface area contributed by atoms with Crippen LogP contribution in [0.1, 0.15) is 20.3 Å². The van der Waals surface area contributed by atoms with Crippen LogP contribution in [0.25, 0.3) is 0 Å². The van der Waals surface area contributed by atoms with Crippen molar-refractivity contribution in [3.05, 3.63) is 5.02 Å². The molecule has 1 aromatic carbocycles. The van der Waals surface area contributed by atoms with Gasteiger partial charge in [0.1, 0.15) is 37.1 Å². The number of carbonyl (C=O) groups is 2. The van der Waals surface area contributed by atoms with Gasteiger partial charge in [-0.2, -0.15) is 0 Å². The van der Waals surface area contributed by atoms with Gasteiger partial charge in [0.05, 0.1) is 25.3 Å². The van der Waals surface area contributed by atoms with Crippen LogP contribution in [0.15, 0.2) is 4.99 Å². The lowest BCUT2D eigenvalue weighted by molar-refractivity contribution is -0.143. The Morgan fingerprint density at radius 1 is 0.958 bits per heavy atom. The van der Waals surface area contributed by atoms with Crippen LogP contribution >= 0.6 is 11.6 Å². The van der Waals surface area contributed by atoms with Crippen molar-refractivity contribution in [2.45, 2.75) is 20.3 Å². The standard InChI is InChI=1S/C14H20B4ClNO4/c1-3-23-7(21)5-6(14(22)24-4-2)20-13-10(17)8(15)9(16)12(19)11(13)18/h3-5,15-18H2,1-2H3/b20-6+. The van der Waals surface area contributed by atoms with E-state index in [2.05, 4.69) is 4.99 Å². The first kappa shape index (κ1) is 20.4. The average Bonchev–Trinajstić information content (AvgIpc) is 2.54. The van der Waals surface area contributed by atoms with Crippen molar-refractivity contribution in [3.8, 4) is 0 Å². The molecule has 1 rings (SSSR count). The second kappa shape index (κ2) is 9.02. The lowest BCUT2D eigenvalue weighted by Crippen LogP contribution is -2.44. The van der Waals surface area contributed by atoms with Gasteiger partial charge in [-0.3, -0.25) is 4.79 Å². The van der Waals surface area contributed by atoms with Gasteiger partial charge in [0.2, 0.25) is 0 Å². The fourth-order valence-electron chi connectivity index (χ4n) is 2.31. The summed E-state index contributed by atoms with van der Waals surface area (Å²) in [5, 5.41) is 0.608. The normalized spacial score (nSPS) is 11.2. The van der Waals surface area contributed by atoms with E-state index in [0.29, 0.717) is 10.7 Å². The minimum Gasteiger partial charge on any atom is -0.466 e. The molecule has 0 saturated heterocycles. The Bertz CT molecular complexity index is 665. The third-order valence-corrected chi connectivity index (χ3v) is 4.44. The first-order chi connectivity index (χ1) is 11.2. The molecule has 0 radical (unpaired) electrons. The molecule has 0 unspecified atom stereocenters. The Labute approximate surface area is 151 Å². The SMILES string of the molecule is Bc1c(B)c(Cl)c(B)c(/N=C(\CC(=O)OCC)C(=O)OCC)c1B. The number of aliphatic imine (C=N–C) groups is 1. The summed E-state index contributed by atoms with van der Waals surface area (Å²) < 4.78 is 9.92. The van der Waals surface area contributed by atoms with Crippen LogP contribution in [0.5, 0.6) is 0 Å². The summed E-state index contributed by atoms with van der Waals surface area (Å²) in [7, 11) is 7.64. The van der Waals surface area contributed by atoms with Crippen LogP contribution in [-0.2, 0) is 19.1 Å².